The molecule has 94 valence electrons. The molecular weight excluding hydrogens is 286 g/mol. The second-order valence-corrected chi connectivity index (χ2v) is 5.03. The third-order valence-electron chi connectivity index (χ3n) is 2.67. The molecule has 0 unspecified atom stereocenters. The van der Waals surface area contributed by atoms with Gasteiger partial charge >= 0.3 is 5.69 Å². The molecule has 0 atom stereocenters. The van der Waals surface area contributed by atoms with Crippen LogP contribution in [0.1, 0.15) is 0 Å². The van der Waals surface area contributed by atoms with E-state index in [0.717, 1.165) is 16.3 Å². The Morgan fingerprint density at radius 3 is 2.95 bits per heavy atom. The van der Waals surface area contributed by atoms with Crippen molar-refractivity contribution in [3.63, 3.8) is 0 Å². The van der Waals surface area contributed by atoms with Crippen molar-refractivity contribution < 1.29 is 4.92 Å². The third-order valence-corrected chi connectivity index (χ3v) is 3.82. The van der Waals surface area contributed by atoms with E-state index in [2.05, 4.69) is 9.97 Å². The molecule has 0 aliphatic heterocycles. The van der Waals surface area contributed by atoms with Crippen LogP contribution in [0.5, 0.6) is 0 Å². The lowest BCUT2D eigenvalue weighted by molar-refractivity contribution is -0.384. The van der Waals surface area contributed by atoms with E-state index in [0.29, 0.717) is 5.56 Å². The number of thiophene rings is 1. The highest BCUT2D eigenvalue weighted by Crippen LogP contribution is 2.36. The minimum Gasteiger partial charge on any atom is -0.258 e. The standard InChI is InChI=1S/C12H6ClN3O2S/c13-12-14-6-9(16(17)18)10(15-12)8-3-1-2-7-4-5-19-11(7)8/h1-6H. The first kappa shape index (κ1) is 12.0. The Kier molecular flexibility index (Phi) is 2.88. The molecule has 0 saturated carbocycles. The Hall–Kier alpha value is -2.05. The van der Waals surface area contributed by atoms with Crippen molar-refractivity contribution in [3.8, 4) is 11.3 Å². The highest BCUT2D eigenvalue weighted by molar-refractivity contribution is 7.17. The number of hydrogen-bond donors (Lipinski definition) is 0. The molecule has 3 rings (SSSR count). The lowest BCUT2D eigenvalue weighted by atomic mass is 10.1. The van der Waals surface area contributed by atoms with Gasteiger partial charge in [0.2, 0.25) is 5.28 Å². The van der Waals surface area contributed by atoms with Crippen LogP contribution < -0.4 is 0 Å². The maximum Gasteiger partial charge on any atom is 0.313 e. The van der Waals surface area contributed by atoms with E-state index < -0.39 is 4.92 Å². The number of rotatable bonds is 2. The lowest BCUT2D eigenvalue weighted by Gasteiger charge is -2.03. The predicted molar refractivity (Wildman–Crippen MR) is 74.5 cm³/mol. The average Bonchev–Trinajstić information content (AvgIpc) is 2.86. The maximum atomic E-state index is 11.1. The summed E-state index contributed by atoms with van der Waals surface area (Å²) in [5.74, 6) is 0. The van der Waals surface area contributed by atoms with Gasteiger partial charge < -0.3 is 0 Å². The van der Waals surface area contributed by atoms with Crippen molar-refractivity contribution in [3.05, 3.63) is 51.2 Å². The van der Waals surface area contributed by atoms with Crippen LogP contribution in [0.3, 0.4) is 0 Å². The topological polar surface area (TPSA) is 68.9 Å². The number of hydrogen-bond acceptors (Lipinski definition) is 5. The lowest BCUT2D eigenvalue weighted by Crippen LogP contribution is -1.97. The van der Waals surface area contributed by atoms with Gasteiger partial charge in [0, 0.05) is 10.3 Å². The molecule has 7 heteroatoms. The second-order valence-electron chi connectivity index (χ2n) is 3.77. The quantitative estimate of drug-likeness (QED) is 0.408. The number of halogens is 1. The molecule has 1 aromatic carbocycles. The van der Waals surface area contributed by atoms with E-state index in [4.69, 9.17) is 11.6 Å². The minimum absolute atomic E-state index is 0.00541. The zero-order valence-corrected chi connectivity index (χ0v) is 11.0. The monoisotopic (exact) mass is 291 g/mol. The fraction of sp³-hybridized carbons (Fsp3) is 0. The Bertz CT molecular complexity index is 787. The highest BCUT2D eigenvalue weighted by atomic mass is 35.5. The first-order chi connectivity index (χ1) is 9.16. The van der Waals surface area contributed by atoms with Crippen molar-refractivity contribution in [1.29, 1.82) is 0 Å². The molecule has 0 spiro atoms. The van der Waals surface area contributed by atoms with Gasteiger partial charge in [-0.15, -0.1) is 11.3 Å². The first-order valence-electron chi connectivity index (χ1n) is 5.30. The molecule has 0 fully saturated rings. The number of fused-ring (bicyclic) bond motifs is 1. The first-order valence-corrected chi connectivity index (χ1v) is 6.56. The Morgan fingerprint density at radius 2 is 2.16 bits per heavy atom. The minimum atomic E-state index is -0.502. The normalized spacial score (nSPS) is 10.8. The zero-order chi connectivity index (χ0) is 13.4. The SMILES string of the molecule is O=[N+]([O-])c1cnc(Cl)nc1-c1cccc2ccsc12. The van der Waals surface area contributed by atoms with E-state index in [-0.39, 0.29) is 16.7 Å². The maximum absolute atomic E-state index is 11.1. The molecule has 3 aromatic rings. The molecule has 19 heavy (non-hydrogen) atoms. The van der Waals surface area contributed by atoms with Crippen LogP contribution in [0.25, 0.3) is 21.3 Å². The number of nitrogens with zero attached hydrogens (tertiary/aromatic N) is 3. The van der Waals surface area contributed by atoms with Gasteiger partial charge in [-0.1, -0.05) is 18.2 Å². The van der Waals surface area contributed by atoms with Crippen molar-refractivity contribution in [1.82, 2.24) is 9.97 Å². The average molecular weight is 292 g/mol. The summed E-state index contributed by atoms with van der Waals surface area (Å²) in [5.41, 5.74) is 0.798. The molecule has 0 radical (unpaired) electrons. The van der Waals surface area contributed by atoms with Crippen LogP contribution in [0.4, 0.5) is 5.69 Å². The van der Waals surface area contributed by atoms with Gasteiger partial charge in [-0.3, -0.25) is 10.1 Å². The predicted octanol–water partition coefficient (Wildman–Crippen LogP) is 3.92. The van der Waals surface area contributed by atoms with Gasteiger partial charge in [-0.2, -0.15) is 0 Å². The summed E-state index contributed by atoms with van der Waals surface area (Å²) in [6.07, 6.45) is 1.14. The second kappa shape index (κ2) is 4.56. The van der Waals surface area contributed by atoms with Gasteiger partial charge in [0.25, 0.3) is 0 Å². The molecule has 0 amide bonds. The number of benzene rings is 1. The summed E-state index contributed by atoms with van der Waals surface area (Å²) in [6, 6.07) is 7.54. The number of aromatic nitrogens is 2. The Morgan fingerprint density at radius 1 is 1.32 bits per heavy atom. The molecule has 0 N–H and O–H groups in total. The molecule has 0 aliphatic rings. The van der Waals surface area contributed by atoms with E-state index in [1.807, 2.05) is 23.6 Å². The van der Waals surface area contributed by atoms with Crippen LogP contribution in [-0.4, -0.2) is 14.9 Å². The fourth-order valence-corrected chi connectivity index (χ4v) is 2.91. The molecule has 0 bridgehead atoms. The summed E-state index contributed by atoms with van der Waals surface area (Å²) in [7, 11) is 0. The van der Waals surface area contributed by atoms with E-state index in [1.54, 1.807) is 6.07 Å². The van der Waals surface area contributed by atoms with Crippen molar-refractivity contribution in [2.75, 3.05) is 0 Å². The van der Waals surface area contributed by atoms with Crippen LogP contribution in [0, 0.1) is 10.1 Å². The zero-order valence-electron chi connectivity index (χ0n) is 9.41. The van der Waals surface area contributed by atoms with E-state index in [1.165, 1.54) is 11.3 Å². The summed E-state index contributed by atoms with van der Waals surface area (Å²) in [6.45, 7) is 0. The van der Waals surface area contributed by atoms with Gasteiger partial charge in [-0.25, -0.2) is 9.97 Å². The fourth-order valence-electron chi connectivity index (χ4n) is 1.87. The van der Waals surface area contributed by atoms with Crippen LogP contribution >= 0.6 is 22.9 Å². The molecular formula is C12H6ClN3O2S. The largest absolute Gasteiger partial charge is 0.313 e. The van der Waals surface area contributed by atoms with Crippen LogP contribution in [-0.2, 0) is 0 Å². The summed E-state index contributed by atoms with van der Waals surface area (Å²) in [4.78, 5) is 18.2. The van der Waals surface area contributed by atoms with Gasteiger partial charge in [-0.05, 0) is 28.4 Å². The number of nitro groups is 1. The van der Waals surface area contributed by atoms with Gasteiger partial charge in [0.1, 0.15) is 6.20 Å². The van der Waals surface area contributed by atoms with Crippen molar-refractivity contribution >= 4 is 38.7 Å². The van der Waals surface area contributed by atoms with E-state index >= 15 is 0 Å². The van der Waals surface area contributed by atoms with Crippen LogP contribution in [0.2, 0.25) is 5.28 Å². The van der Waals surface area contributed by atoms with Crippen molar-refractivity contribution in [2.45, 2.75) is 0 Å². The Labute approximate surface area is 116 Å². The molecule has 2 aromatic heterocycles. The summed E-state index contributed by atoms with van der Waals surface area (Å²) in [5, 5.41) is 14.0. The Balaban J connectivity index is 2.35. The van der Waals surface area contributed by atoms with Gasteiger partial charge in [0.05, 0.1) is 4.92 Å². The molecule has 5 nitrogen and oxygen atoms in total. The molecule has 0 aliphatic carbocycles. The smallest absolute Gasteiger partial charge is 0.258 e. The van der Waals surface area contributed by atoms with E-state index in [9.17, 15) is 10.1 Å². The summed E-state index contributed by atoms with van der Waals surface area (Å²) >= 11 is 7.26. The summed E-state index contributed by atoms with van der Waals surface area (Å²) < 4.78 is 0.945. The van der Waals surface area contributed by atoms with Gasteiger partial charge in [0.15, 0.2) is 5.69 Å². The van der Waals surface area contributed by atoms with Crippen LogP contribution in [0.15, 0.2) is 35.8 Å². The molecule has 2 heterocycles. The third kappa shape index (κ3) is 2.05. The molecule has 0 saturated heterocycles. The highest BCUT2D eigenvalue weighted by Gasteiger charge is 2.20. The van der Waals surface area contributed by atoms with Crippen molar-refractivity contribution in [2.24, 2.45) is 0 Å².